The monoisotopic (exact) mass is 388 g/mol. The number of carbonyl (C=O) groups excluding carboxylic acids is 4. The summed E-state index contributed by atoms with van der Waals surface area (Å²) >= 11 is 0. The number of fused-ring (bicyclic) bond motifs is 1. The lowest BCUT2D eigenvalue weighted by Crippen LogP contribution is -2.40. The molecule has 0 aromatic heterocycles. The smallest absolute Gasteiger partial charge is 0.410 e. The second-order valence-electron chi connectivity index (χ2n) is 7.92. The summed E-state index contributed by atoms with van der Waals surface area (Å²) in [4.78, 5) is 55.6. The molecule has 0 N–H and O–H groups in total. The Labute approximate surface area is 163 Å². The fourth-order valence-electron chi connectivity index (χ4n) is 3.38. The van der Waals surface area contributed by atoms with Gasteiger partial charge in [0.25, 0.3) is 11.8 Å². The van der Waals surface area contributed by atoms with Crippen LogP contribution in [0.2, 0.25) is 0 Å². The summed E-state index contributed by atoms with van der Waals surface area (Å²) in [6.45, 7) is 5.98. The van der Waals surface area contributed by atoms with Crippen LogP contribution in [0.3, 0.4) is 0 Å². The molecule has 2 heterocycles. The number of benzene rings is 1. The highest BCUT2D eigenvalue weighted by molar-refractivity contribution is 6.20. The van der Waals surface area contributed by atoms with Crippen molar-refractivity contribution < 1.29 is 28.8 Å². The predicted molar refractivity (Wildman–Crippen MR) is 98.2 cm³/mol. The Hall–Kier alpha value is -2.90. The van der Waals surface area contributed by atoms with Gasteiger partial charge in [-0.1, -0.05) is 17.2 Å². The molecule has 150 valence electrons. The number of carbonyl (C=O) groups is 4. The molecule has 0 bridgehead atoms. The normalized spacial score (nSPS) is 19.0. The fourth-order valence-corrected chi connectivity index (χ4v) is 3.38. The highest BCUT2D eigenvalue weighted by atomic mass is 16.7. The molecule has 1 fully saturated rings. The lowest BCUT2D eigenvalue weighted by Gasteiger charge is -2.28. The Morgan fingerprint density at radius 1 is 1.11 bits per heavy atom. The van der Waals surface area contributed by atoms with Crippen LogP contribution in [0.25, 0.3) is 0 Å². The molecule has 0 spiro atoms. The topological polar surface area (TPSA) is 93.2 Å². The minimum Gasteiger partial charge on any atom is -0.444 e. The van der Waals surface area contributed by atoms with Crippen LogP contribution in [0.4, 0.5) is 4.79 Å². The van der Waals surface area contributed by atoms with Gasteiger partial charge in [0.15, 0.2) is 0 Å². The van der Waals surface area contributed by atoms with Crippen LogP contribution in [-0.4, -0.2) is 52.0 Å². The average Bonchev–Trinajstić information content (AvgIpc) is 3.18. The van der Waals surface area contributed by atoms with Crippen LogP contribution in [0.1, 0.15) is 67.2 Å². The standard InChI is InChI=1S/C20H24N2O6/c1-20(2,3)27-19(26)21-12-6-7-13(21)10-11-16(23)28-22-17(24)14-8-4-5-9-15(14)18(22)25/h4-5,8-9,13H,6-7,10-12H2,1-3H3/t13-/m0/s1. The number of hydroxylamine groups is 2. The molecule has 0 saturated carbocycles. The van der Waals surface area contributed by atoms with Crippen LogP contribution < -0.4 is 0 Å². The van der Waals surface area contributed by atoms with Gasteiger partial charge < -0.3 is 14.5 Å². The molecule has 8 heteroatoms. The van der Waals surface area contributed by atoms with E-state index in [-0.39, 0.29) is 23.6 Å². The number of nitrogens with zero attached hydrogens (tertiary/aromatic N) is 2. The van der Waals surface area contributed by atoms with E-state index < -0.39 is 29.5 Å². The maximum absolute atomic E-state index is 12.3. The molecule has 1 saturated heterocycles. The van der Waals surface area contributed by atoms with Gasteiger partial charge in [0, 0.05) is 19.0 Å². The lowest BCUT2D eigenvalue weighted by atomic mass is 10.1. The predicted octanol–water partition coefficient (Wildman–Crippen LogP) is 2.92. The largest absolute Gasteiger partial charge is 0.444 e. The van der Waals surface area contributed by atoms with E-state index in [1.165, 1.54) is 12.1 Å². The molecule has 0 unspecified atom stereocenters. The van der Waals surface area contributed by atoms with Gasteiger partial charge in [-0.2, -0.15) is 0 Å². The second kappa shape index (κ2) is 7.61. The van der Waals surface area contributed by atoms with Crippen LogP contribution in [0.5, 0.6) is 0 Å². The van der Waals surface area contributed by atoms with E-state index in [1.54, 1.807) is 37.8 Å². The SMILES string of the molecule is CC(C)(C)OC(=O)N1CCC[C@H]1CCC(=O)ON1C(=O)c2ccccc2C1=O. The van der Waals surface area contributed by atoms with Gasteiger partial charge in [0.1, 0.15) is 5.60 Å². The van der Waals surface area contributed by atoms with Gasteiger partial charge in [-0.15, -0.1) is 0 Å². The summed E-state index contributed by atoms with van der Waals surface area (Å²) in [5.74, 6) is -1.99. The van der Waals surface area contributed by atoms with E-state index in [2.05, 4.69) is 0 Å². The second-order valence-corrected chi connectivity index (χ2v) is 7.92. The summed E-state index contributed by atoms with van der Waals surface area (Å²) in [6, 6.07) is 6.17. The molecule has 1 aromatic carbocycles. The first-order valence-corrected chi connectivity index (χ1v) is 9.35. The zero-order valence-corrected chi connectivity index (χ0v) is 16.3. The van der Waals surface area contributed by atoms with E-state index >= 15 is 0 Å². The number of imide groups is 1. The molecule has 2 aliphatic heterocycles. The van der Waals surface area contributed by atoms with Crippen LogP contribution in [0.15, 0.2) is 24.3 Å². The first-order chi connectivity index (χ1) is 13.2. The van der Waals surface area contributed by atoms with Crippen molar-refractivity contribution >= 4 is 23.9 Å². The molecule has 8 nitrogen and oxygen atoms in total. The van der Waals surface area contributed by atoms with E-state index in [0.717, 1.165) is 12.8 Å². The van der Waals surface area contributed by atoms with Crippen molar-refractivity contribution in [3.8, 4) is 0 Å². The first kappa shape index (κ1) is 19.9. The van der Waals surface area contributed by atoms with Gasteiger partial charge in [0.05, 0.1) is 11.1 Å². The third-order valence-corrected chi connectivity index (χ3v) is 4.64. The van der Waals surface area contributed by atoms with Crippen molar-refractivity contribution in [2.24, 2.45) is 0 Å². The number of hydrogen-bond acceptors (Lipinski definition) is 6. The van der Waals surface area contributed by atoms with E-state index in [0.29, 0.717) is 18.0 Å². The van der Waals surface area contributed by atoms with E-state index in [9.17, 15) is 19.2 Å². The van der Waals surface area contributed by atoms with Crippen molar-refractivity contribution in [2.75, 3.05) is 6.54 Å². The summed E-state index contributed by atoms with van der Waals surface area (Å²) in [7, 11) is 0. The Morgan fingerprint density at radius 3 is 2.29 bits per heavy atom. The van der Waals surface area contributed by atoms with E-state index in [1.807, 2.05) is 0 Å². The average molecular weight is 388 g/mol. The van der Waals surface area contributed by atoms with Crippen molar-refractivity contribution in [3.63, 3.8) is 0 Å². The molecule has 1 atom stereocenters. The number of hydrogen-bond donors (Lipinski definition) is 0. The Morgan fingerprint density at radius 2 is 1.71 bits per heavy atom. The van der Waals surface area contributed by atoms with Gasteiger partial charge >= 0.3 is 12.1 Å². The van der Waals surface area contributed by atoms with Gasteiger partial charge in [0.2, 0.25) is 0 Å². The molecular formula is C20H24N2O6. The quantitative estimate of drug-likeness (QED) is 0.736. The van der Waals surface area contributed by atoms with Gasteiger partial charge in [-0.25, -0.2) is 9.59 Å². The molecule has 3 rings (SSSR count). The van der Waals surface area contributed by atoms with Crippen LogP contribution in [0, 0.1) is 0 Å². The minimum atomic E-state index is -0.689. The third-order valence-electron chi connectivity index (χ3n) is 4.64. The van der Waals surface area contributed by atoms with Gasteiger partial charge in [-0.05, 0) is 52.2 Å². The zero-order chi connectivity index (χ0) is 20.5. The van der Waals surface area contributed by atoms with Crippen molar-refractivity contribution in [2.45, 2.75) is 58.1 Å². The summed E-state index contributed by atoms with van der Waals surface area (Å²) in [5.41, 5.74) is -0.159. The Balaban J connectivity index is 1.54. The minimum absolute atomic E-state index is 0.0165. The van der Waals surface area contributed by atoms with E-state index in [4.69, 9.17) is 9.57 Å². The molecule has 3 amide bonds. The van der Waals surface area contributed by atoms with Crippen molar-refractivity contribution in [1.82, 2.24) is 9.96 Å². The maximum Gasteiger partial charge on any atom is 0.410 e. The number of rotatable bonds is 4. The molecule has 2 aliphatic rings. The first-order valence-electron chi connectivity index (χ1n) is 9.35. The maximum atomic E-state index is 12.3. The summed E-state index contributed by atoms with van der Waals surface area (Å²) < 4.78 is 5.40. The van der Waals surface area contributed by atoms with Gasteiger partial charge in [-0.3, -0.25) is 9.59 Å². The highest BCUT2D eigenvalue weighted by Crippen LogP contribution is 2.26. The third kappa shape index (κ3) is 4.16. The molecular weight excluding hydrogens is 364 g/mol. The van der Waals surface area contributed by atoms with Crippen LogP contribution in [-0.2, 0) is 14.4 Å². The van der Waals surface area contributed by atoms with Crippen molar-refractivity contribution in [3.05, 3.63) is 35.4 Å². The van der Waals surface area contributed by atoms with Crippen LogP contribution >= 0.6 is 0 Å². The number of likely N-dealkylation sites (tertiary alicyclic amines) is 1. The lowest BCUT2D eigenvalue weighted by molar-refractivity contribution is -0.168. The number of ether oxygens (including phenoxy) is 1. The Bertz CT molecular complexity index is 778. The summed E-state index contributed by atoms with van der Waals surface area (Å²) in [5, 5.41) is 0.507. The fraction of sp³-hybridized carbons (Fsp3) is 0.500. The molecule has 28 heavy (non-hydrogen) atoms. The Kier molecular flexibility index (Phi) is 5.40. The molecule has 0 aliphatic carbocycles. The molecule has 1 aromatic rings. The zero-order valence-electron chi connectivity index (χ0n) is 16.3. The van der Waals surface area contributed by atoms with Crippen molar-refractivity contribution in [1.29, 1.82) is 0 Å². The number of amides is 3. The summed E-state index contributed by atoms with van der Waals surface area (Å²) in [6.07, 6.45) is 1.55. The molecule has 0 radical (unpaired) electrons. The highest BCUT2D eigenvalue weighted by Gasteiger charge is 2.39.